The van der Waals surface area contributed by atoms with Crippen molar-refractivity contribution in [3.63, 3.8) is 0 Å². The Morgan fingerprint density at radius 2 is 2.07 bits per heavy atom. The third kappa shape index (κ3) is 3.82. The van der Waals surface area contributed by atoms with Gasteiger partial charge in [-0.15, -0.1) is 0 Å². The van der Waals surface area contributed by atoms with Crippen LogP contribution in [0.15, 0.2) is 24.3 Å². The fourth-order valence-electron chi connectivity index (χ4n) is 3.56. The lowest BCUT2D eigenvalue weighted by atomic mass is 10.0. The number of H-pyrrole nitrogens is 1. The average molecular weight is 429 g/mol. The predicted octanol–water partition coefficient (Wildman–Crippen LogP) is 4.11. The molecular formula is C21H18Cl2N4O2. The Labute approximate surface area is 178 Å². The number of carbonyl (C=O) groups is 1. The van der Waals surface area contributed by atoms with Crippen LogP contribution in [0.4, 0.5) is 0 Å². The maximum absolute atomic E-state index is 12.9. The lowest BCUT2D eigenvalue weighted by molar-refractivity contribution is 0.0303. The summed E-state index contributed by atoms with van der Waals surface area (Å²) in [5.74, 6) is -0.119. The zero-order valence-electron chi connectivity index (χ0n) is 15.8. The van der Waals surface area contributed by atoms with Gasteiger partial charge in [0.15, 0.2) is 0 Å². The Bertz CT molecular complexity index is 1140. The second-order valence-electron chi connectivity index (χ2n) is 6.93. The van der Waals surface area contributed by atoms with Gasteiger partial charge in [0.1, 0.15) is 11.8 Å². The number of nitriles is 1. The first-order valence-electron chi connectivity index (χ1n) is 9.21. The summed E-state index contributed by atoms with van der Waals surface area (Å²) in [7, 11) is 0. The number of halogens is 2. The Kier molecular flexibility index (Phi) is 5.46. The molecule has 3 aromatic rings. The number of hydrogen-bond acceptors (Lipinski definition) is 4. The molecule has 3 heterocycles. The number of nitrogens with zero attached hydrogens (tertiary/aromatic N) is 3. The Hall–Kier alpha value is -2.59. The first kappa shape index (κ1) is 19.7. The highest BCUT2D eigenvalue weighted by Gasteiger charge is 2.23. The molecule has 8 heteroatoms. The molecule has 1 saturated heterocycles. The number of aromatic amines is 1. The van der Waals surface area contributed by atoms with E-state index in [1.165, 1.54) is 0 Å². The zero-order valence-corrected chi connectivity index (χ0v) is 17.3. The molecule has 0 atom stereocenters. The third-order valence-corrected chi connectivity index (χ3v) is 5.85. The largest absolute Gasteiger partial charge is 0.378 e. The molecule has 1 N–H and O–H groups in total. The van der Waals surface area contributed by atoms with Crippen LogP contribution in [0.1, 0.15) is 33.0 Å². The Morgan fingerprint density at radius 1 is 1.31 bits per heavy atom. The molecule has 1 aliphatic heterocycles. The van der Waals surface area contributed by atoms with Crippen molar-refractivity contribution in [3.8, 4) is 6.07 Å². The van der Waals surface area contributed by atoms with Crippen LogP contribution < -0.4 is 0 Å². The molecule has 4 rings (SSSR count). The number of morpholine rings is 1. The first-order valence-corrected chi connectivity index (χ1v) is 9.96. The molecule has 29 heavy (non-hydrogen) atoms. The van der Waals surface area contributed by atoms with Gasteiger partial charge in [-0.25, -0.2) is 4.98 Å². The van der Waals surface area contributed by atoms with Crippen molar-refractivity contribution >= 4 is 40.0 Å². The van der Waals surface area contributed by atoms with Crippen molar-refractivity contribution in [1.29, 1.82) is 5.26 Å². The molecule has 0 aliphatic carbocycles. The van der Waals surface area contributed by atoms with Crippen molar-refractivity contribution < 1.29 is 9.53 Å². The van der Waals surface area contributed by atoms with Crippen LogP contribution in [0.5, 0.6) is 0 Å². The van der Waals surface area contributed by atoms with Crippen LogP contribution in [0, 0.1) is 18.3 Å². The molecule has 0 radical (unpaired) electrons. The number of pyridine rings is 1. The summed E-state index contributed by atoms with van der Waals surface area (Å²) in [5, 5.41) is 10.9. The highest BCUT2D eigenvalue weighted by Crippen LogP contribution is 2.32. The molecule has 1 amide bonds. The van der Waals surface area contributed by atoms with E-state index in [-0.39, 0.29) is 5.91 Å². The lowest BCUT2D eigenvalue weighted by Crippen LogP contribution is -2.40. The van der Waals surface area contributed by atoms with Gasteiger partial charge in [0.2, 0.25) is 0 Å². The summed E-state index contributed by atoms with van der Waals surface area (Å²) in [4.78, 5) is 22.2. The van der Waals surface area contributed by atoms with Gasteiger partial charge in [0.05, 0.1) is 29.3 Å². The van der Waals surface area contributed by atoms with Gasteiger partial charge in [-0.3, -0.25) is 4.79 Å². The number of rotatable bonds is 3. The topological polar surface area (TPSA) is 82.0 Å². The van der Waals surface area contributed by atoms with E-state index in [9.17, 15) is 4.79 Å². The molecule has 2 aromatic heterocycles. The van der Waals surface area contributed by atoms with Gasteiger partial charge in [-0.1, -0.05) is 23.2 Å². The maximum Gasteiger partial charge on any atom is 0.255 e. The number of aryl methyl sites for hydroxylation is 1. The first-order chi connectivity index (χ1) is 14.0. The molecule has 0 unspecified atom stereocenters. The highest BCUT2D eigenvalue weighted by atomic mass is 35.5. The van der Waals surface area contributed by atoms with Gasteiger partial charge < -0.3 is 14.6 Å². The van der Waals surface area contributed by atoms with E-state index in [4.69, 9.17) is 33.2 Å². The van der Waals surface area contributed by atoms with Crippen LogP contribution in [-0.4, -0.2) is 47.1 Å². The normalized spacial score (nSPS) is 14.2. The standard InChI is InChI=1S/C21H18Cl2N4O2/c1-12-16-8-13(26-19(16)10-14(11-24)25-12)9-17-18(22)3-2-15(20(17)23)21(28)27-4-6-29-7-5-27/h2-3,8,10,26H,4-7,9H2,1H3. The van der Waals surface area contributed by atoms with Crippen LogP contribution >= 0.6 is 23.2 Å². The number of hydrogen-bond donors (Lipinski definition) is 1. The van der Waals surface area contributed by atoms with Crippen molar-refractivity contribution in [3.05, 3.63) is 62.5 Å². The summed E-state index contributed by atoms with van der Waals surface area (Å²) >= 11 is 13.0. The second kappa shape index (κ2) is 8.03. The van der Waals surface area contributed by atoms with Crippen molar-refractivity contribution in [2.45, 2.75) is 13.3 Å². The summed E-state index contributed by atoms with van der Waals surface area (Å²) in [6, 6.07) is 9.13. The van der Waals surface area contributed by atoms with Crippen LogP contribution in [0.3, 0.4) is 0 Å². The van der Waals surface area contributed by atoms with Gasteiger partial charge in [0.25, 0.3) is 5.91 Å². The van der Waals surface area contributed by atoms with E-state index >= 15 is 0 Å². The fraction of sp³-hybridized carbons (Fsp3) is 0.286. The van der Waals surface area contributed by atoms with Gasteiger partial charge in [0, 0.05) is 41.3 Å². The van der Waals surface area contributed by atoms with Crippen molar-refractivity contribution in [2.75, 3.05) is 26.3 Å². The second-order valence-corrected chi connectivity index (χ2v) is 7.71. The minimum Gasteiger partial charge on any atom is -0.378 e. The smallest absolute Gasteiger partial charge is 0.255 e. The van der Waals surface area contributed by atoms with Gasteiger partial charge in [-0.05, 0) is 36.8 Å². The van der Waals surface area contributed by atoms with Gasteiger partial charge in [-0.2, -0.15) is 5.26 Å². The van der Waals surface area contributed by atoms with Crippen molar-refractivity contribution in [2.24, 2.45) is 0 Å². The molecular weight excluding hydrogens is 411 g/mol. The number of benzene rings is 1. The van der Waals surface area contributed by atoms with Crippen LogP contribution in [-0.2, 0) is 11.2 Å². The van der Waals surface area contributed by atoms with E-state index in [1.54, 1.807) is 23.1 Å². The van der Waals surface area contributed by atoms with E-state index in [0.717, 1.165) is 22.3 Å². The monoisotopic (exact) mass is 428 g/mol. The maximum atomic E-state index is 12.9. The number of carbonyl (C=O) groups excluding carboxylic acids is 1. The lowest BCUT2D eigenvalue weighted by Gasteiger charge is -2.27. The third-order valence-electron chi connectivity index (χ3n) is 5.06. The number of ether oxygens (including phenoxy) is 1. The molecule has 1 aliphatic rings. The molecule has 6 nitrogen and oxygen atoms in total. The number of nitrogens with one attached hydrogen (secondary N) is 1. The summed E-state index contributed by atoms with van der Waals surface area (Å²) < 4.78 is 5.32. The highest BCUT2D eigenvalue weighted by molar-refractivity contribution is 6.38. The summed E-state index contributed by atoms with van der Waals surface area (Å²) in [6.45, 7) is 4.00. The molecule has 1 fully saturated rings. The summed E-state index contributed by atoms with van der Waals surface area (Å²) in [5.41, 5.74) is 3.96. The fourth-order valence-corrected chi connectivity index (χ4v) is 4.14. The van der Waals surface area contributed by atoms with Crippen LogP contribution in [0.25, 0.3) is 10.9 Å². The SMILES string of the molecule is Cc1nc(C#N)cc2[nH]c(Cc3c(Cl)ccc(C(=O)N4CCOCC4)c3Cl)cc12. The number of aromatic nitrogens is 2. The Balaban J connectivity index is 1.68. The minimum atomic E-state index is -0.119. The van der Waals surface area contributed by atoms with E-state index in [0.29, 0.717) is 59.6 Å². The predicted molar refractivity (Wildman–Crippen MR) is 112 cm³/mol. The quantitative estimate of drug-likeness (QED) is 0.680. The van der Waals surface area contributed by atoms with Gasteiger partial charge >= 0.3 is 0 Å². The molecule has 0 spiro atoms. The Morgan fingerprint density at radius 3 is 2.79 bits per heavy atom. The summed E-state index contributed by atoms with van der Waals surface area (Å²) in [6.07, 6.45) is 0.428. The minimum absolute atomic E-state index is 0.119. The molecule has 0 bridgehead atoms. The van der Waals surface area contributed by atoms with Crippen LogP contribution in [0.2, 0.25) is 10.0 Å². The average Bonchev–Trinajstić information content (AvgIpc) is 3.14. The van der Waals surface area contributed by atoms with E-state index in [2.05, 4.69) is 16.0 Å². The van der Waals surface area contributed by atoms with E-state index < -0.39 is 0 Å². The zero-order chi connectivity index (χ0) is 20.5. The van der Waals surface area contributed by atoms with Crippen molar-refractivity contribution in [1.82, 2.24) is 14.9 Å². The molecule has 1 aromatic carbocycles. The van der Waals surface area contributed by atoms with E-state index in [1.807, 2.05) is 13.0 Å². The number of fused-ring (bicyclic) bond motifs is 1. The molecule has 0 saturated carbocycles. The molecule has 148 valence electrons. The number of amides is 1.